The normalized spacial score (nSPS) is 10.6. The smallest absolute Gasteiger partial charge is 0.271 e. The van der Waals surface area contributed by atoms with Gasteiger partial charge in [-0.15, -0.1) is 0 Å². The third-order valence-corrected chi connectivity index (χ3v) is 4.11. The van der Waals surface area contributed by atoms with E-state index in [4.69, 9.17) is 4.74 Å². The molecule has 0 bridgehead atoms. The largest absolute Gasteiger partial charge is 0.504 e. The van der Waals surface area contributed by atoms with Crippen molar-refractivity contribution in [3.63, 3.8) is 0 Å². The Labute approximate surface area is 171 Å². The Hall–Kier alpha value is -4.20. The molecule has 3 rings (SSSR count). The Kier molecular flexibility index (Phi) is 6.39. The molecule has 0 heterocycles. The molecule has 8 heteroatoms. The minimum Gasteiger partial charge on any atom is -0.504 e. The van der Waals surface area contributed by atoms with E-state index >= 15 is 0 Å². The number of rotatable bonds is 6. The molecule has 0 aliphatic heterocycles. The molecule has 0 fully saturated rings. The molecule has 0 aliphatic carbocycles. The van der Waals surface area contributed by atoms with Gasteiger partial charge in [0.05, 0.1) is 13.3 Å². The Balaban J connectivity index is 1.66. The van der Waals surface area contributed by atoms with Crippen LogP contribution in [0.5, 0.6) is 11.5 Å². The first-order valence-electron chi connectivity index (χ1n) is 8.84. The zero-order valence-electron chi connectivity index (χ0n) is 15.9. The number of methoxy groups -OCH3 is 1. The number of halogens is 1. The van der Waals surface area contributed by atoms with Crippen LogP contribution in [0.3, 0.4) is 0 Å². The summed E-state index contributed by atoms with van der Waals surface area (Å²) >= 11 is 0. The summed E-state index contributed by atoms with van der Waals surface area (Å²) in [6.07, 6.45) is 1.29. The van der Waals surface area contributed by atoms with Gasteiger partial charge in [0.25, 0.3) is 11.8 Å². The highest BCUT2D eigenvalue weighted by molar-refractivity contribution is 6.05. The first-order valence-corrected chi connectivity index (χ1v) is 8.84. The lowest BCUT2D eigenvalue weighted by atomic mass is 10.1. The van der Waals surface area contributed by atoms with Crippen LogP contribution in [0.25, 0.3) is 0 Å². The zero-order chi connectivity index (χ0) is 21.5. The van der Waals surface area contributed by atoms with Crippen molar-refractivity contribution in [3.8, 4) is 11.5 Å². The van der Waals surface area contributed by atoms with Gasteiger partial charge in [0.1, 0.15) is 5.82 Å². The van der Waals surface area contributed by atoms with Crippen molar-refractivity contribution in [2.45, 2.75) is 0 Å². The molecule has 0 aliphatic rings. The topological polar surface area (TPSA) is 100 Å². The molecule has 0 radical (unpaired) electrons. The highest BCUT2D eigenvalue weighted by atomic mass is 19.1. The molecule has 0 saturated heterocycles. The fourth-order valence-electron chi connectivity index (χ4n) is 2.58. The van der Waals surface area contributed by atoms with Gasteiger partial charge in [-0.05, 0) is 54.6 Å². The van der Waals surface area contributed by atoms with Gasteiger partial charge < -0.3 is 15.2 Å². The van der Waals surface area contributed by atoms with Gasteiger partial charge in [-0.25, -0.2) is 9.82 Å². The number of ether oxygens (including phenoxy) is 1. The van der Waals surface area contributed by atoms with Crippen molar-refractivity contribution >= 4 is 23.7 Å². The Bertz CT molecular complexity index is 1100. The molecule has 0 spiro atoms. The quantitative estimate of drug-likeness (QED) is 0.430. The van der Waals surface area contributed by atoms with E-state index in [1.807, 2.05) is 0 Å². The number of aromatic hydroxyl groups is 1. The second kappa shape index (κ2) is 9.33. The lowest BCUT2D eigenvalue weighted by Gasteiger charge is -2.07. The van der Waals surface area contributed by atoms with Crippen molar-refractivity contribution < 1.29 is 23.8 Å². The number of anilines is 1. The van der Waals surface area contributed by atoms with E-state index in [2.05, 4.69) is 15.8 Å². The predicted molar refractivity (Wildman–Crippen MR) is 111 cm³/mol. The molecule has 3 N–H and O–H groups in total. The SMILES string of the molecule is COc1cccc(/C=N\NC(=O)c2cccc(NC(=O)c3ccc(F)cc3)c2)c1O. The van der Waals surface area contributed by atoms with E-state index < -0.39 is 17.6 Å². The van der Waals surface area contributed by atoms with Gasteiger partial charge in [-0.1, -0.05) is 12.1 Å². The van der Waals surface area contributed by atoms with E-state index in [9.17, 15) is 19.1 Å². The number of hydrazone groups is 1. The minimum atomic E-state index is -0.508. The molecule has 7 nitrogen and oxygen atoms in total. The van der Waals surface area contributed by atoms with Crippen molar-refractivity contribution in [2.75, 3.05) is 12.4 Å². The molecule has 0 aromatic heterocycles. The van der Waals surface area contributed by atoms with Crippen LogP contribution >= 0.6 is 0 Å². The number of carbonyl (C=O) groups excluding carboxylic acids is 2. The third-order valence-electron chi connectivity index (χ3n) is 4.11. The van der Waals surface area contributed by atoms with Crippen LogP contribution in [-0.2, 0) is 0 Å². The van der Waals surface area contributed by atoms with Crippen LogP contribution in [0.2, 0.25) is 0 Å². The summed E-state index contributed by atoms with van der Waals surface area (Å²) in [5.74, 6) is -1.18. The lowest BCUT2D eigenvalue weighted by molar-refractivity contribution is 0.0953. The highest BCUT2D eigenvalue weighted by Crippen LogP contribution is 2.27. The number of phenolic OH excluding ortho intramolecular Hbond substituents is 1. The maximum absolute atomic E-state index is 13.0. The number of nitrogens with zero attached hydrogens (tertiary/aromatic N) is 1. The first-order chi connectivity index (χ1) is 14.5. The molecule has 0 atom stereocenters. The van der Waals surface area contributed by atoms with Gasteiger partial charge in [-0.3, -0.25) is 9.59 Å². The number of phenols is 1. The summed E-state index contributed by atoms with van der Waals surface area (Å²) in [5, 5.41) is 16.5. The summed E-state index contributed by atoms with van der Waals surface area (Å²) < 4.78 is 18.0. The van der Waals surface area contributed by atoms with Gasteiger partial charge in [0, 0.05) is 22.4 Å². The summed E-state index contributed by atoms with van der Waals surface area (Å²) in [6, 6.07) is 16.3. The second-order valence-corrected chi connectivity index (χ2v) is 6.14. The molecule has 3 aromatic rings. The maximum atomic E-state index is 13.0. The van der Waals surface area contributed by atoms with Gasteiger partial charge >= 0.3 is 0 Å². The van der Waals surface area contributed by atoms with Gasteiger partial charge in [0.2, 0.25) is 0 Å². The monoisotopic (exact) mass is 407 g/mol. The van der Waals surface area contributed by atoms with Gasteiger partial charge in [-0.2, -0.15) is 5.10 Å². The number of nitrogens with one attached hydrogen (secondary N) is 2. The molecule has 3 aromatic carbocycles. The van der Waals surface area contributed by atoms with Crippen LogP contribution in [-0.4, -0.2) is 30.2 Å². The van der Waals surface area contributed by atoms with Crippen LogP contribution in [0.4, 0.5) is 10.1 Å². The van der Waals surface area contributed by atoms with Crippen LogP contribution < -0.4 is 15.5 Å². The number of benzene rings is 3. The van der Waals surface area contributed by atoms with Crippen molar-refractivity contribution in [1.29, 1.82) is 0 Å². The predicted octanol–water partition coefficient (Wildman–Crippen LogP) is 3.56. The van der Waals surface area contributed by atoms with E-state index in [1.54, 1.807) is 36.4 Å². The number of amides is 2. The fourth-order valence-corrected chi connectivity index (χ4v) is 2.58. The number of hydrogen-bond donors (Lipinski definition) is 3. The van der Waals surface area contributed by atoms with E-state index in [0.717, 1.165) is 0 Å². The zero-order valence-corrected chi connectivity index (χ0v) is 15.9. The average Bonchev–Trinajstić information content (AvgIpc) is 2.75. The first kappa shape index (κ1) is 20.5. The average molecular weight is 407 g/mol. The summed E-state index contributed by atoms with van der Waals surface area (Å²) in [7, 11) is 1.43. The van der Waals surface area contributed by atoms with Gasteiger partial charge in [0.15, 0.2) is 11.5 Å². The maximum Gasteiger partial charge on any atom is 0.271 e. The Morgan fingerprint density at radius 1 is 1.00 bits per heavy atom. The molecule has 152 valence electrons. The third kappa shape index (κ3) is 4.99. The Morgan fingerprint density at radius 3 is 2.47 bits per heavy atom. The summed E-state index contributed by atoms with van der Waals surface area (Å²) in [5.41, 5.74) is 3.67. The number of para-hydroxylation sites is 1. The lowest BCUT2D eigenvalue weighted by Crippen LogP contribution is -2.18. The van der Waals surface area contributed by atoms with E-state index in [-0.39, 0.29) is 22.6 Å². The summed E-state index contributed by atoms with van der Waals surface area (Å²) in [4.78, 5) is 24.6. The van der Waals surface area contributed by atoms with E-state index in [0.29, 0.717) is 11.3 Å². The molecule has 2 amide bonds. The van der Waals surface area contributed by atoms with Crippen LogP contribution in [0.1, 0.15) is 26.3 Å². The Morgan fingerprint density at radius 2 is 1.73 bits per heavy atom. The van der Waals surface area contributed by atoms with Crippen LogP contribution in [0.15, 0.2) is 71.8 Å². The number of hydrogen-bond acceptors (Lipinski definition) is 5. The van der Waals surface area contributed by atoms with E-state index in [1.165, 1.54) is 43.7 Å². The van der Waals surface area contributed by atoms with Crippen molar-refractivity contribution in [3.05, 3.63) is 89.2 Å². The highest BCUT2D eigenvalue weighted by Gasteiger charge is 2.10. The molecule has 0 saturated carbocycles. The second-order valence-electron chi connectivity index (χ2n) is 6.14. The number of carbonyl (C=O) groups is 2. The van der Waals surface area contributed by atoms with Crippen molar-refractivity contribution in [1.82, 2.24) is 5.43 Å². The molecular weight excluding hydrogens is 389 g/mol. The van der Waals surface area contributed by atoms with Crippen LogP contribution in [0, 0.1) is 5.82 Å². The molecular formula is C22H18FN3O4. The fraction of sp³-hybridized carbons (Fsp3) is 0.0455. The summed E-state index contributed by atoms with van der Waals surface area (Å²) in [6.45, 7) is 0. The van der Waals surface area contributed by atoms with Crippen molar-refractivity contribution in [2.24, 2.45) is 5.10 Å². The minimum absolute atomic E-state index is 0.0940. The molecule has 0 unspecified atom stereocenters. The molecule has 30 heavy (non-hydrogen) atoms. The standard InChI is InChI=1S/C22H18FN3O4/c1-30-19-7-3-5-16(20(19)27)13-24-26-22(29)15-4-2-6-18(12-15)25-21(28)14-8-10-17(23)11-9-14/h2-13,27H,1H3,(H,25,28)(H,26,29)/b24-13-.